The number of carboxylic acids is 1. The van der Waals surface area contributed by atoms with Crippen LogP contribution < -0.4 is 4.74 Å². The molecule has 2 aromatic rings. The van der Waals surface area contributed by atoms with Gasteiger partial charge in [0.15, 0.2) is 5.75 Å². The van der Waals surface area contributed by atoms with Crippen molar-refractivity contribution >= 4 is 23.0 Å². The molecule has 7 nitrogen and oxygen atoms in total. The van der Waals surface area contributed by atoms with Crippen molar-refractivity contribution in [2.24, 2.45) is 0 Å². The van der Waals surface area contributed by atoms with Crippen molar-refractivity contribution in [1.82, 2.24) is 4.98 Å². The molecule has 0 fully saturated rings. The van der Waals surface area contributed by atoms with Crippen molar-refractivity contribution in [3.63, 3.8) is 0 Å². The van der Waals surface area contributed by atoms with E-state index < -0.39 is 10.9 Å². The molecule has 1 N–H and O–H groups in total. The summed E-state index contributed by atoms with van der Waals surface area (Å²) in [5.74, 6) is -0.979. The van der Waals surface area contributed by atoms with E-state index in [4.69, 9.17) is 9.84 Å². The van der Waals surface area contributed by atoms with Crippen molar-refractivity contribution in [3.05, 3.63) is 50.0 Å². The van der Waals surface area contributed by atoms with Crippen molar-refractivity contribution in [2.45, 2.75) is 13.5 Å². The van der Waals surface area contributed by atoms with Crippen LogP contribution in [0.25, 0.3) is 0 Å². The van der Waals surface area contributed by atoms with Crippen LogP contribution in [-0.4, -0.2) is 21.0 Å². The summed E-state index contributed by atoms with van der Waals surface area (Å²) in [7, 11) is 0. The Morgan fingerprint density at radius 3 is 2.90 bits per heavy atom. The topological polar surface area (TPSA) is 103 Å². The SMILES string of the molecule is Cc1ccc(OCc2csc(C(=O)O)n2)c([N+](=O)[O-])c1. The smallest absolute Gasteiger partial charge is 0.365 e. The van der Waals surface area contributed by atoms with Crippen LogP contribution in [0.5, 0.6) is 5.75 Å². The summed E-state index contributed by atoms with van der Waals surface area (Å²) in [4.78, 5) is 24.9. The van der Waals surface area contributed by atoms with Gasteiger partial charge in [0, 0.05) is 11.4 Å². The van der Waals surface area contributed by atoms with E-state index in [2.05, 4.69) is 4.98 Å². The number of carboxylic acid groups (broad SMARTS) is 1. The van der Waals surface area contributed by atoms with Crippen LogP contribution in [0, 0.1) is 17.0 Å². The number of hydrogen-bond acceptors (Lipinski definition) is 6. The third-order valence-corrected chi connectivity index (χ3v) is 3.30. The number of thiazole rings is 1. The highest BCUT2D eigenvalue weighted by atomic mass is 32.1. The van der Waals surface area contributed by atoms with Crippen molar-refractivity contribution in [3.8, 4) is 5.75 Å². The maximum absolute atomic E-state index is 10.9. The first-order valence-electron chi connectivity index (χ1n) is 5.53. The minimum Gasteiger partial charge on any atom is -0.480 e. The standard InChI is InChI=1S/C12H10N2O5S/c1-7-2-3-10(9(4-7)14(17)18)19-5-8-6-20-11(13-8)12(15)16/h2-4,6H,5H2,1H3,(H,15,16). The Morgan fingerprint density at radius 1 is 1.55 bits per heavy atom. The Kier molecular flexibility index (Phi) is 3.94. The normalized spacial score (nSPS) is 10.2. The molecular weight excluding hydrogens is 284 g/mol. The zero-order chi connectivity index (χ0) is 14.7. The number of nitrogens with zero attached hydrogens (tertiary/aromatic N) is 2. The molecule has 0 aliphatic heterocycles. The number of benzene rings is 1. The molecule has 1 aromatic carbocycles. The van der Waals surface area contributed by atoms with Gasteiger partial charge < -0.3 is 9.84 Å². The largest absolute Gasteiger partial charge is 0.480 e. The molecule has 2 rings (SSSR count). The second-order valence-corrected chi connectivity index (χ2v) is 4.82. The fourth-order valence-electron chi connectivity index (χ4n) is 1.52. The molecule has 0 aliphatic rings. The van der Waals surface area contributed by atoms with E-state index in [1.165, 1.54) is 12.1 Å². The molecular formula is C12H10N2O5S. The van der Waals surface area contributed by atoms with Crippen LogP contribution in [0.4, 0.5) is 5.69 Å². The number of nitro groups is 1. The lowest BCUT2D eigenvalue weighted by molar-refractivity contribution is -0.386. The minimum atomic E-state index is -1.11. The van der Waals surface area contributed by atoms with Gasteiger partial charge in [-0.25, -0.2) is 9.78 Å². The van der Waals surface area contributed by atoms with Crippen molar-refractivity contribution < 1.29 is 19.6 Å². The van der Waals surface area contributed by atoms with Crippen molar-refractivity contribution in [2.75, 3.05) is 0 Å². The fourth-order valence-corrected chi connectivity index (χ4v) is 2.15. The molecule has 0 spiro atoms. The molecule has 0 atom stereocenters. The first-order valence-corrected chi connectivity index (χ1v) is 6.41. The van der Waals surface area contributed by atoms with E-state index in [9.17, 15) is 14.9 Å². The molecule has 8 heteroatoms. The second-order valence-electron chi connectivity index (χ2n) is 3.97. The number of hydrogen-bond donors (Lipinski definition) is 1. The predicted octanol–water partition coefficient (Wildman–Crippen LogP) is 2.64. The minimum absolute atomic E-state index is 0.0202. The van der Waals surface area contributed by atoms with E-state index in [1.807, 2.05) is 0 Å². The quantitative estimate of drug-likeness (QED) is 0.671. The van der Waals surface area contributed by atoms with E-state index in [-0.39, 0.29) is 23.1 Å². The molecule has 0 unspecified atom stereocenters. The predicted molar refractivity (Wildman–Crippen MR) is 71.2 cm³/mol. The lowest BCUT2D eigenvalue weighted by atomic mass is 10.2. The van der Waals surface area contributed by atoms with Gasteiger partial charge >= 0.3 is 11.7 Å². The Hall–Kier alpha value is -2.48. The van der Waals surface area contributed by atoms with E-state index in [0.717, 1.165) is 16.9 Å². The Morgan fingerprint density at radius 2 is 2.30 bits per heavy atom. The molecule has 104 valence electrons. The highest BCUT2D eigenvalue weighted by molar-refractivity contribution is 7.11. The molecule has 1 aromatic heterocycles. The summed E-state index contributed by atoms with van der Waals surface area (Å²) >= 11 is 0.981. The first-order chi connectivity index (χ1) is 9.47. The number of rotatable bonds is 5. The summed E-state index contributed by atoms with van der Waals surface area (Å²) in [5, 5.41) is 21.2. The lowest BCUT2D eigenvalue weighted by Crippen LogP contribution is -2.01. The molecule has 0 amide bonds. The molecule has 0 aliphatic carbocycles. The monoisotopic (exact) mass is 294 g/mol. The van der Waals surface area contributed by atoms with Gasteiger partial charge in [-0.3, -0.25) is 10.1 Å². The second kappa shape index (κ2) is 5.66. The van der Waals surface area contributed by atoms with Crippen molar-refractivity contribution in [1.29, 1.82) is 0 Å². The average molecular weight is 294 g/mol. The van der Waals surface area contributed by atoms with Crippen LogP contribution in [0.3, 0.4) is 0 Å². The van der Waals surface area contributed by atoms with Gasteiger partial charge in [-0.1, -0.05) is 6.07 Å². The third-order valence-electron chi connectivity index (χ3n) is 2.42. The van der Waals surface area contributed by atoms with E-state index in [1.54, 1.807) is 18.4 Å². The van der Waals surface area contributed by atoms with E-state index in [0.29, 0.717) is 5.69 Å². The summed E-state index contributed by atoms with van der Waals surface area (Å²) < 4.78 is 5.34. The maximum Gasteiger partial charge on any atom is 0.365 e. The number of nitro benzene ring substituents is 1. The maximum atomic E-state index is 10.9. The van der Waals surface area contributed by atoms with Crippen LogP contribution in [0.1, 0.15) is 21.1 Å². The summed E-state index contributed by atoms with van der Waals surface area (Å²) in [6, 6.07) is 4.63. The van der Waals surface area contributed by atoms with E-state index >= 15 is 0 Å². The molecule has 0 saturated heterocycles. The molecule has 0 saturated carbocycles. The fraction of sp³-hybridized carbons (Fsp3) is 0.167. The highest BCUT2D eigenvalue weighted by Crippen LogP contribution is 2.28. The van der Waals surface area contributed by atoms with Gasteiger partial charge in [-0.05, 0) is 18.6 Å². The van der Waals surface area contributed by atoms with Gasteiger partial charge in [0.25, 0.3) is 0 Å². The zero-order valence-electron chi connectivity index (χ0n) is 10.4. The molecule has 1 heterocycles. The average Bonchev–Trinajstić information content (AvgIpc) is 2.86. The van der Waals surface area contributed by atoms with Crippen LogP contribution in [0.2, 0.25) is 0 Å². The summed E-state index contributed by atoms with van der Waals surface area (Å²) in [6.45, 7) is 1.73. The number of aromatic nitrogens is 1. The Bertz CT molecular complexity index is 668. The summed E-state index contributed by atoms with van der Waals surface area (Å²) in [6.07, 6.45) is 0. The molecule has 0 radical (unpaired) electrons. The Labute approximate surface area is 117 Å². The van der Waals surface area contributed by atoms with Crippen LogP contribution in [0.15, 0.2) is 23.6 Å². The third kappa shape index (κ3) is 3.09. The lowest BCUT2D eigenvalue weighted by Gasteiger charge is -2.05. The molecule has 0 bridgehead atoms. The Balaban J connectivity index is 2.14. The number of carbonyl (C=O) groups is 1. The number of ether oxygens (including phenoxy) is 1. The van der Waals surface area contributed by atoms with Gasteiger partial charge in [-0.15, -0.1) is 11.3 Å². The van der Waals surface area contributed by atoms with Crippen LogP contribution >= 0.6 is 11.3 Å². The number of aromatic carboxylic acids is 1. The highest BCUT2D eigenvalue weighted by Gasteiger charge is 2.16. The summed E-state index contributed by atoms with van der Waals surface area (Å²) in [5.41, 5.74) is 1.05. The number of aryl methyl sites for hydroxylation is 1. The first kappa shape index (κ1) is 13.9. The zero-order valence-corrected chi connectivity index (χ0v) is 11.2. The van der Waals surface area contributed by atoms with Gasteiger partial charge in [-0.2, -0.15) is 0 Å². The van der Waals surface area contributed by atoms with Gasteiger partial charge in [0.2, 0.25) is 5.01 Å². The van der Waals surface area contributed by atoms with Gasteiger partial charge in [0.1, 0.15) is 6.61 Å². The van der Waals surface area contributed by atoms with Crippen LogP contribution in [-0.2, 0) is 6.61 Å². The molecule has 20 heavy (non-hydrogen) atoms. The van der Waals surface area contributed by atoms with Gasteiger partial charge in [0.05, 0.1) is 10.6 Å².